The number of thioether (sulfide) groups is 1. The molecule has 0 saturated carbocycles. The van der Waals surface area contributed by atoms with Gasteiger partial charge < -0.3 is 9.47 Å². The van der Waals surface area contributed by atoms with Gasteiger partial charge in [-0.2, -0.15) is 11.8 Å². The molecule has 1 aromatic carbocycles. The van der Waals surface area contributed by atoms with E-state index < -0.39 is 0 Å². The molecule has 0 aromatic heterocycles. The molecule has 2 aliphatic heterocycles. The average Bonchev–Trinajstić information content (AvgIpc) is 2.50. The number of ether oxygens (including phenoxy) is 2. The zero-order valence-corrected chi connectivity index (χ0v) is 12.9. The lowest BCUT2D eigenvalue weighted by Gasteiger charge is -2.43. The van der Waals surface area contributed by atoms with E-state index in [1.165, 1.54) is 29.8 Å². The Labute approximate surface area is 125 Å². The highest BCUT2D eigenvalue weighted by molar-refractivity contribution is 8.00. The molecule has 110 valence electrons. The van der Waals surface area contributed by atoms with Gasteiger partial charge in [0.05, 0.1) is 13.2 Å². The minimum Gasteiger partial charge on any atom is -0.380 e. The molecule has 0 N–H and O–H groups in total. The fraction of sp³-hybridized carbons (Fsp3) is 0.625. The van der Waals surface area contributed by atoms with Gasteiger partial charge in [-0.05, 0) is 17.5 Å². The maximum atomic E-state index is 5.62. The molecule has 4 heteroatoms. The first kappa shape index (κ1) is 14.4. The van der Waals surface area contributed by atoms with Gasteiger partial charge in [0.15, 0.2) is 0 Å². The molecule has 2 fully saturated rings. The summed E-state index contributed by atoms with van der Waals surface area (Å²) in [6, 6.07) is 9.54. The van der Waals surface area contributed by atoms with E-state index in [1.807, 2.05) is 0 Å². The van der Waals surface area contributed by atoms with Crippen molar-refractivity contribution in [2.24, 2.45) is 0 Å². The van der Waals surface area contributed by atoms with Gasteiger partial charge in [0.1, 0.15) is 0 Å². The fourth-order valence-corrected chi connectivity index (χ4v) is 4.47. The number of benzene rings is 1. The Morgan fingerprint density at radius 2 is 2.10 bits per heavy atom. The molecule has 0 unspecified atom stereocenters. The van der Waals surface area contributed by atoms with E-state index in [0.717, 1.165) is 19.8 Å². The van der Waals surface area contributed by atoms with Crippen LogP contribution in [0.3, 0.4) is 0 Å². The van der Waals surface area contributed by atoms with Crippen LogP contribution in [0.1, 0.15) is 17.5 Å². The molecule has 3 rings (SSSR count). The van der Waals surface area contributed by atoms with Gasteiger partial charge in [0, 0.05) is 43.9 Å². The zero-order valence-electron chi connectivity index (χ0n) is 12.1. The molecule has 2 atom stereocenters. The van der Waals surface area contributed by atoms with E-state index in [-0.39, 0.29) is 0 Å². The van der Waals surface area contributed by atoms with Crippen LogP contribution in [0.15, 0.2) is 24.3 Å². The van der Waals surface area contributed by atoms with E-state index in [9.17, 15) is 0 Å². The minimum atomic E-state index is 0.672. The summed E-state index contributed by atoms with van der Waals surface area (Å²) in [6.07, 6.45) is 1.18. The Bertz CT molecular complexity index is 421. The Hall–Kier alpha value is -0.550. The lowest BCUT2D eigenvalue weighted by Crippen LogP contribution is -2.51. The normalized spacial score (nSPS) is 27.2. The Morgan fingerprint density at radius 1 is 1.30 bits per heavy atom. The van der Waals surface area contributed by atoms with Crippen molar-refractivity contribution in [1.82, 2.24) is 4.90 Å². The minimum absolute atomic E-state index is 0.672. The third-order valence-corrected chi connectivity index (χ3v) is 5.46. The molecule has 0 aliphatic carbocycles. The number of hydrogen-bond donors (Lipinski definition) is 0. The Kier molecular flexibility index (Phi) is 4.99. The summed E-state index contributed by atoms with van der Waals surface area (Å²) in [4.78, 5) is 2.65. The molecule has 0 amide bonds. The molecule has 20 heavy (non-hydrogen) atoms. The first-order valence-corrected chi connectivity index (χ1v) is 8.42. The van der Waals surface area contributed by atoms with Gasteiger partial charge in [0.25, 0.3) is 0 Å². The standard InChI is InChI=1S/C16H23NO2S/c1-18-11-14-4-2-13(3-5-14)10-17-7-9-20-16-12-19-8-6-15(16)17/h2-5,15-16H,6-12H2,1H3/t15-,16-/m1/s1. The summed E-state index contributed by atoms with van der Waals surface area (Å²) in [5.41, 5.74) is 2.65. The smallest absolute Gasteiger partial charge is 0.0713 e. The number of nitrogens with zero attached hydrogens (tertiary/aromatic N) is 1. The van der Waals surface area contributed by atoms with E-state index in [1.54, 1.807) is 7.11 Å². The number of fused-ring (bicyclic) bond motifs is 1. The molecule has 0 spiro atoms. The quantitative estimate of drug-likeness (QED) is 0.850. The summed E-state index contributed by atoms with van der Waals surface area (Å²) in [7, 11) is 1.74. The van der Waals surface area contributed by atoms with Crippen LogP contribution >= 0.6 is 11.8 Å². The van der Waals surface area contributed by atoms with E-state index in [4.69, 9.17) is 9.47 Å². The highest BCUT2D eigenvalue weighted by atomic mass is 32.2. The van der Waals surface area contributed by atoms with Crippen molar-refractivity contribution in [3.05, 3.63) is 35.4 Å². The largest absolute Gasteiger partial charge is 0.380 e. The van der Waals surface area contributed by atoms with Gasteiger partial charge in [0.2, 0.25) is 0 Å². The lowest BCUT2D eigenvalue weighted by atomic mass is 10.0. The third-order valence-electron chi connectivity index (χ3n) is 4.17. The first-order chi connectivity index (χ1) is 9.86. The summed E-state index contributed by atoms with van der Waals surface area (Å²) < 4.78 is 10.8. The maximum Gasteiger partial charge on any atom is 0.0713 e. The van der Waals surface area contributed by atoms with Crippen LogP contribution in [0.25, 0.3) is 0 Å². The monoisotopic (exact) mass is 293 g/mol. The predicted molar refractivity (Wildman–Crippen MR) is 83.0 cm³/mol. The number of hydrogen-bond acceptors (Lipinski definition) is 4. The van der Waals surface area contributed by atoms with Gasteiger partial charge in [-0.3, -0.25) is 4.90 Å². The maximum absolute atomic E-state index is 5.62. The van der Waals surface area contributed by atoms with E-state index in [0.29, 0.717) is 17.9 Å². The lowest BCUT2D eigenvalue weighted by molar-refractivity contribution is 0.0351. The van der Waals surface area contributed by atoms with Crippen molar-refractivity contribution >= 4 is 11.8 Å². The van der Waals surface area contributed by atoms with Crippen LogP contribution in [-0.4, -0.2) is 48.8 Å². The highest BCUT2D eigenvalue weighted by Gasteiger charge is 2.34. The first-order valence-electron chi connectivity index (χ1n) is 7.37. The van der Waals surface area contributed by atoms with Crippen LogP contribution < -0.4 is 0 Å². The summed E-state index contributed by atoms with van der Waals surface area (Å²) in [5, 5.41) is 0.672. The Balaban J connectivity index is 1.63. The summed E-state index contributed by atoms with van der Waals surface area (Å²) >= 11 is 2.09. The van der Waals surface area contributed by atoms with Crippen molar-refractivity contribution < 1.29 is 9.47 Å². The van der Waals surface area contributed by atoms with Crippen molar-refractivity contribution in [2.45, 2.75) is 30.9 Å². The SMILES string of the molecule is COCc1ccc(CN2CCS[C@@H]3COCC[C@H]32)cc1. The van der Waals surface area contributed by atoms with Crippen LogP contribution in [0, 0.1) is 0 Å². The predicted octanol–water partition coefficient (Wildman–Crippen LogP) is 2.54. The molecule has 0 bridgehead atoms. The zero-order chi connectivity index (χ0) is 13.8. The van der Waals surface area contributed by atoms with Gasteiger partial charge in [-0.15, -0.1) is 0 Å². The average molecular weight is 293 g/mol. The number of rotatable bonds is 4. The molecule has 2 aliphatic rings. The molecular weight excluding hydrogens is 270 g/mol. The van der Waals surface area contributed by atoms with Crippen molar-refractivity contribution in [3.63, 3.8) is 0 Å². The van der Waals surface area contributed by atoms with Gasteiger partial charge in [-0.1, -0.05) is 24.3 Å². The third kappa shape index (κ3) is 3.37. The second-order valence-corrected chi connectivity index (χ2v) is 6.91. The summed E-state index contributed by atoms with van der Waals surface area (Å²) in [5.74, 6) is 1.23. The van der Waals surface area contributed by atoms with Crippen LogP contribution in [0.5, 0.6) is 0 Å². The van der Waals surface area contributed by atoms with E-state index >= 15 is 0 Å². The van der Waals surface area contributed by atoms with Crippen LogP contribution in [-0.2, 0) is 22.6 Å². The van der Waals surface area contributed by atoms with Gasteiger partial charge in [-0.25, -0.2) is 0 Å². The fourth-order valence-electron chi connectivity index (χ4n) is 3.10. The second-order valence-electron chi connectivity index (χ2n) is 5.56. The van der Waals surface area contributed by atoms with Crippen LogP contribution in [0.4, 0.5) is 0 Å². The molecule has 3 nitrogen and oxygen atoms in total. The summed E-state index contributed by atoms with van der Waals surface area (Å²) in [6.45, 7) is 4.81. The topological polar surface area (TPSA) is 21.7 Å². The molecule has 1 aromatic rings. The molecule has 2 saturated heterocycles. The Morgan fingerprint density at radius 3 is 2.90 bits per heavy atom. The molecule has 0 radical (unpaired) electrons. The van der Waals surface area contributed by atoms with E-state index in [2.05, 4.69) is 40.9 Å². The second kappa shape index (κ2) is 6.94. The van der Waals surface area contributed by atoms with Crippen molar-refractivity contribution in [1.29, 1.82) is 0 Å². The van der Waals surface area contributed by atoms with Crippen molar-refractivity contribution in [2.75, 3.05) is 32.6 Å². The van der Waals surface area contributed by atoms with Gasteiger partial charge >= 0.3 is 0 Å². The van der Waals surface area contributed by atoms with Crippen molar-refractivity contribution in [3.8, 4) is 0 Å². The highest BCUT2D eigenvalue weighted by Crippen LogP contribution is 2.31. The molecule has 2 heterocycles. The molecular formula is C16H23NO2S. The van der Waals surface area contributed by atoms with Crippen LogP contribution in [0.2, 0.25) is 0 Å². The number of methoxy groups -OCH3 is 1.